The van der Waals surface area contributed by atoms with Gasteiger partial charge in [-0.25, -0.2) is 17.5 Å². The van der Waals surface area contributed by atoms with E-state index in [9.17, 15) is 12.8 Å². The highest BCUT2D eigenvalue weighted by atomic mass is 32.2. The van der Waals surface area contributed by atoms with E-state index >= 15 is 0 Å². The normalized spacial score (nSPS) is 11.6. The molecule has 0 radical (unpaired) electrons. The lowest BCUT2D eigenvalue weighted by atomic mass is 10.2. The number of rotatable bonds is 8. The molecule has 11 heteroatoms. The second kappa shape index (κ2) is 8.89. The van der Waals surface area contributed by atoms with Crippen LogP contribution in [-0.4, -0.2) is 48.5 Å². The predicted octanol–water partition coefficient (Wildman–Crippen LogP) is 2.60. The fourth-order valence-electron chi connectivity index (χ4n) is 3.03. The van der Waals surface area contributed by atoms with Crippen LogP contribution in [0.2, 0.25) is 0 Å². The fraction of sp³-hybridized carbons (Fsp3) is 0.190. The van der Waals surface area contributed by atoms with Gasteiger partial charge in [0.2, 0.25) is 15.9 Å². The highest BCUT2D eigenvalue weighted by Gasteiger charge is 2.19. The summed E-state index contributed by atoms with van der Waals surface area (Å²) in [6.45, 7) is 1.86. The molecule has 0 bridgehead atoms. The number of benzene rings is 2. The molecule has 0 atom stereocenters. The zero-order chi connectivity index (χ0) is 22.7. The van der Waals surface area contributed by atoms with Crippen molar-refractivity contribution in [2.24, 2.45) is 0 Å². The van der Waals surface area contributed by atoms with Crippen molar-refractivity contribution in [3.63, 3.8) is 0 Å². The quantitative estimate of drug-likeness (QED) is 0.405. The Balaban J connectivity index is 1.44. The first kappa shape index (κ1) is 21.7. The van der Waals surface area contributed by atoms with Crippen LogP contribution < -0.4 is 14.2 Å². The fourth-order valence-corrected chi connectivity index (χ4v) is 4.30. The van der Waals surface area contributed by atoms with E-state index in [2.05, 4.69) is 20.0 Å². The van der Waals surface area contributed by atoms with Gasteiger partial charge in [-0.15, -0.1) is 15.3 Å². The number of fused-ring (bicyclic) bond motifs is 1. The lowest BCUT2D eigenvalue weighted by Gasteiger charge is -2.12. The van der Waals surface area contributed by atoms with Crippen molar-refractivity contribution in [3.05, 3.63) is 66.0 Å². The van der Waals surface area contributed by atoms with Crippen LogP contribution in [0.1, 0.15) is 5.56 Å². The van der Waals surface area contributed by atoms with Gasteiger partial charge in [0.25, 0.3) is 0 Å². The SMILES string of the molecule is COc1ccc(C)cc1S(=O)(=O)NCCOc1ccc2nnc(-c3ccc(F)cc3)n2n1. The van der Waals surface area contributed by atoms with Gasteiger partial charge >= 0.3 is 0 Å². The highest BCUT2D eigenvalue weighted by Crippen LogP contribution is 2.24. The van der Waals surface area contributed by atoms with Crippen molar-refractivity contribution in [2.45, 2.75) is 11.8 Å². The maximum Gasteiger partial charge on any atom is 0.244 e. The molecule has 0 amide bonds. The van der Waals surface area contributed by atoms with Gasteiger partial charge < -0.3 is 9.47 Å². The maximum absolute atomic E-state index is 13.2. The largest absolute Gasteiger partial charge is 0.495 e. The van der Waals surface area contributed by atoms with Gasteiger partial charge in [-0.2, -0.15) is 4.52 Å². The average molecular weight is 457 g/mol. The van der Waals surface area contributed by atoms with Gasteiger partial charge in [0.05, 0.1) is 7.11 Å². The monoisotopic (exact) mass is 457 g/mol. The van der Waals surface area contributed by atoms with E-state index in [0.717, 1.165) is 5.56 Å². The van der Waals surface area contributed by atoms with Crippen LogP contribution >= 0.6 is 0 Å². The summed E-state index contributed by atoms with van der Waals surface area (Å²) in [4.78, 5) is 0.0629. The van der Waals surface area contributed by atoms with E-state index < -0.39 is 10.0 Å². The number of ether oxygens (including phenoxy) is 2. The van der Waals surface area contributed by atoms with E-state index in [4.69, 9.17) is 9.47 Å². The minimum Gasteiger partial charge on any atom is -0.495 e. The summed E-state index contributed by atoms with van der Waals surface area (Å²) >= 11 is 0. The molecule has 0 unspecified atom stereocenters. The molecule has 2 aromatic heterocycles. The van der Waals surface area contributed by atoms with E-state index in [-0.39, 0.29) is 35.5 Å². The lowest BCUT2D eigenvalue weighted by Crippen LogP contribution is -2.28. The number of nitrogens with zero attached hydrogens (tertiary/aromatic N) is 4. The van der Waals surface area contributed by atoms with Gasteiger partial charge in [0.1, 0.15) is 23.1 Å². The summed E-state index contributed by atoms with van der Waals surface area (Å²) in [6.07, 6.45) is 0. The Hall–Kier alpha value is -3.57. The number of aromatic nitrogens is 4. The molecule has 0 aliphatic carbocycles. The molecule has 2 heterocycles. The molecule has 0 saturated carbocycles. The Morgan fingerprint density at radius 3 is 2.59 bits per heavy atom. The van der Waals surface area contributed by atoms with Crippen LogP contribution in [0, 0.1) is 12.7 Å². The minimum absolute atomic E-state index is 0.0200. The predicted molar refractivity (Wildman–Crippen MR) is 115 cm³/mol. The molecule has 0 saturated heterocycles. The van der Waals surface area contributed by atoms with Crippen molar-refractivity contribution < 1.29 is 22.3 Å². The number of aryl methyl sites for hydroxylation is 1. The van der Waals surface area contributed by atoms with Crippen LogP contribution in [0.5, 0.6) is 11.6 Å². The van der Waals surface area contributed by atoms with E-state index in [0.29, 0.717) is 17.0 Å². The Bertz CT molecular complexity index is 1360. The van der Waals surface area contributed by atoms with Crippen LogP contribution in [-0.2, 0) is 10.0 Å². The van der Waals surface area contributed by atoms with Crippen molar-refractivity contribution in [2.75, 3.05) is 20.3 Å². The zero-order valence-electron chi connectivity index (χ0n) is 17.3. The van der Waals surface area contributed by atoms with Crippen LogP contribution in [0.15, 0.2) is 59.5 Å². The standard InChI is InChI=1S/C21H20FN5O4S/c1-14-3-8-17(30-2)18(13-14)32(28,29)23-11-12-31-20-10-9-19-24-25-21(27(19)26-20)15-4-6-16(22)7-5-15/h3-10,13,23H,11-12H2,1-2H3. The smallest absolute Gasteiger partial charge is 0.244 e. The molecule has 0 spiro atoms. The Morgan fingerprint density at radius 1 is 1.06 bits per heavy atom. The number of methoxy groups -OCH3 is 1. The number of halogens is 1. The number of hydrogen-bond donors (Lipinski definition) is 1. The Kier molecular flexibility index (Phi) is 6.01. The lowest BCUT2D eigenvalue weighted by molar-refractivity contribution is 0.305. The number of hydrogen-bond acceptors (Lipinski definition) is 7. The van der Waals surface area contributed by atoms with Gasteiger partial charge in [0.15, 0.2) is 11.5 Å². The van der Waals surface area contributed by atoms with Gasteiger partial charge in [-0.05, 0) is 55.0 Å². The summed E-state index contributed by atoms with van der Waals surface area (Å²) in [5.74, 6) is 0.591. The molecular formula is C21H20FN5O4S. The second-order valence-corrected chi connectivity index (χ2v) is 8.61. The van der Waals surface area contributed by atoms with E-state index in [1.54, 1.807) is 49.4 Å². The molecule has 0 aliphatic heterocycles. The van der Waals surface area contributed by atoms with Crippen LogP contribution in [0.3, 0.4) is 0 Å². The molecule has 166 valence electrons. The average Bonchev–Trinajstić information content (AvgIpc) is 3.20. The van der Waals surface area contributed by atoms with Crippen molar-refractivity contribution in [1.29, 1.82) is 0 Å². The molecule has 0 fully saturated rings. The zero-order valence-corrected chi connectivity index (χ0v) is 18.1. The first-order valence-electron chi connectivity index (χ1n) is 9.63. The third-order valence-electron chi connectivity index (χ3n) is 4.59. The van der Waals surface area contributed by atoms with Gasteiger partial charge in [-0.3, -0.25) is 0 Å². The molecule has 4 aromatic rings. The molecule has 32 heavy (non-hydrogen) atoms. The minimum atomic E-state index is -3.78. The van der Waals surface area contributed by atoms with Crippen molar-refractivity contribution in [1.82, 2.24) is 24.5 Å². The molecular weight excluding hydrogens is 437 g/mol. The third kappa shape index (κ3) is 4.53. The number of nitrogens with one attached hydrogen (secondary N) is 1. The van der Waals surface area contributed by atoms with Crippen molar-refractivity contribution in [3.8, 4) is 23.0 Å². The molecule has 0 aliphatic rings. The third-order valence-corrected chi connectivity index (χ3v) is 6.08. The van der Waals surface area contributed by atoms with Crippen LogP contribution in [0.4, 0.5) is 4.39 Å². The molecule has 1 N–H and O–H groups in total. The molecule has 4 rings (SSSR count). The summed E-state index contributed by atoms with van der Waals surface area (Å²) in [5.41, 5.74) is 1.93. The van der Waals surface area contributed by atoms with Crippen LogP contribution in [0.25, 0.3) is 17.0 Å². The second-order valence-electron chi connectivity index (χ2n) is 6.87. The first-order chi connectivity index (χ1) is 15.4. The van der Waals surface area contributed by atoms with Crippen molar-refractivity contribution >= 4 is 15.7 Å². The topological polar surface area (TPSA) is 108 Å². The summed E-state index contributed by atoms with van der Waals surface area (Å²) in [5, 5.41) is 12.5. The Morgan fingerprint density at radius 2 is 1.84 bits per heavy atom. The summed E-state index contributed by atoms with van der Waals surface area (Å²) in [7, 11) is -2.37. The van der Waals surface area contributed by atoms with E-state index in [1.807, 2.05) is 0 Å². The summed E-state index contributed by atoms with van der Waals surface area (Å²) < 4.78 is 53.2. The first-order valence-corrected chi connectivity index (χ1v) is 11.1. The summed E-state index contributed by atoms with van der Waals surface area (Å²) in [6, 6.07) is 14.0. The highest BCUT2D eigenvalue weighted by molar-refractivity contribution is 7.89. The maximum atomic E-state index is 13.2. The van der Waals surface area contributed by atoms with E-state index in [1.165, 1.54) is 23.8 Å². The molecule has 9 nitrogen and oxygen atoms in total. The van der Waals surface area contributed by atoms with Gasteiger partial charge in [-0.1, -0.05) is 6.07 Å². The number of sulfonamides is 1. The molecule has 2 aromatic carbocycles. The van der Waals surface area contributed by atoms with Gasteiger partial charge in [0, 0.05) is 18.2 Å². The Labute approximate surface area is 183 Å².